The summed E-state index contributed by atoms with van der Waals surface area (Å²) in [5.41, 5.74) is 7.48. The third-order valence-electron chi connectivity index (χ3n) is 3.21. The Labute approximate surface area is 98.9 Å². The van der Waals surface area contributed by atoms with E-state index in [1.807, 2.05) is 12.1 Å². The Kier molecular flexibility index (Phi) is 3.03. The first-order chi connectivity index (χ1) is 7.15. The molecule has 2 N–H and O–H groups in total. The molecule has 0 radical (unpaired) electrons. The summed E-state index contributed by atoms with van der Waals surface area (Å²) < 4.78 is 6.24. The Bertz CT molecular complexity index is 359. The molecule has 0 atom stereocenters. The largest absolute Gasteiger partial charge is 0.497 e. The molecule has 1 aromatic rings. The van der Waals surface area contributed by atoms with Crippen LogP contribution in [0.3, 0.4) is 0 Å². The molecule has 0 aromatic heterocycles. The average Bonchev–Trinajstić information content (AvgIpc) is 2.65. The van der Waals surface area contributed by atoms with Crippen LogP contribution >= 0.6 is 15.9 Å². The van der Waals surface area contributed by atoms with Crippen molar-refractivity contribution in [2.75, 3.05) is 7.11 Å². The van der Waals surface area contributed by atoms with Crippen molar-refractivity contribution < 1.29 is 4.74 Å². The van der Waals surface area contributed by atoms with Gasteiger partial charge in [0.05, 0.1) is 7.11 Å². The van der Waals surface area contributed by atoms with Crippen LogP contribution in [0.4, 0.5) is 0 Å². The number of rotatable bonds is 2. The van der Waals surface area contributed by atoms with E-state index in [4.69, 9.17) is 10.5 Å². The van der Waals surface area contributed by atoms with Crippen molar-refractivity contribution in [3.8, 4) is 5.75 Å². The fourth-order valence-corrected chi connectivity index (χ4v) is 3.05. The van der Waals surface area contributed by atoms with Gasteiger partial charge in [0.2, 0.25) is 0 Å². The van der Waals surface area contributed by atoms with Gasteiger partial charge >= 0.3 is 0 Å². The van der Waals surface area contributed by atoms with E-state index in [1.165, 1.54) is 18.4 Å². The minimum Gasteiger partial charge on any atom is -0.497 e. The number of methoxy groups -OCH3 is 1. The number of hydrogen-bond donors (Lipinski definition) is 1. The number of hydrogen-bond acceptors (Lipinski definition) is 2. The maximum absolute atomic E-state index is 6.40. The van der Waals surface area contributed by atoms with Gasteiger partial charge in [-0.05, 0) is 30.5 Å². The molecule has 0 amide bonds. The van der Waals surface area contributed by atoms with E-state index in [-0.39, 0.29) is 5.54 Å². The highest BCUT2D eigenvalue weighted by molar-refractivity contribution is 9.10. The lowest BCUT2D eigenvalue weighted by Gasteiger charge is -2.25. The van der Waals surface area contributed by atoms with Crippen LogP contribution in [0.1, 0.15) is 31.2 Å². The Morgan fingerprint density at radius 2 is 2.00 bits per heavy atom. The predicted molar refractivity (Wildman–Crippen MR) is 65.0 cm³/mol. The van der Waals surface area contributed by atoms with E-state index in [1.54, 1.807) is 7.11 Å². The molecule has 1 aromatic carbocycles. The molecule has 0 heterocycles. The zero-order valence-electron chi connectivity index (χ0n) is 8.92. The first-order valence-corrected chi connectivity index (χ1v) is 6.08. The van der Waals surface area contributed by atoms with Gasteiger partial charge < -0.3 is 10.5 Å². The minimum atomic E-state index is -0.134. The fourth-order valence-electron chi connectivity index (χ4n) is 2.30. The molecule has 2 rings (SSSR count). The highest BCUT2D eigenvalue weighted by Crippen LogP contribution is 2.40. The van der Waals surface area contributed by atoms with E-state index >= 15 is 0 Å². The van der Waals surface area contributed by atoms with Crippen LogP contribution in [0.25, 0.3) is 0 Å². The normalized spacial score (nSPS) is 19.1. The van der Waals surface area contributed by atoms with Gasteiger partial charge in [0.1, 0.15) is 5.75 Å². The third-order valence-corrected chi connectivity index (χ3v) is 3.86. The molecule has 0 unspecified atom stereocenters. The number of nitrogens with two attached hydrogens (primary N) is 1. The summed E-state index contributed by atoms with van der Waals surface area (Å²) in [6.07, 6.45) is 4.62. The van der Waals surface area contributed by atoms with E-state index in [0.717, 1.165) is 23.1 Å². The Hall–Kier alpha value is -0.540. The molecule has 1 aliphatic rings. The monoisotopic (exact) mass is 269 g/mol. The highest BCUT2D eigenvalue weighted by atomic mass is 79.9. The quantitative estimate of drug-likeness (QED) is 0.895. The number of halogens is 1. The summed E-state index contributed by atoms with van der Waals surface area (Å²) in [7, 11) is 1.68. The smallest absolute Gasteiger partial charge is 0.120 e. The molecule has 15 heavy (non-hydrogen) atoms. The van der Waals surface area contributed by atoms with Gasteiger partial charge in [0.25, 0.3) is 0 Å². The van der Waals surface area contributed by atoms with Gasteiger partial charge in [-0.1, -0.05) is 34.8 Å². The Morgan fingerprint density at radius 1 is 1.33 bits per heavy atom. The number of ether oxygens (including phenoxy) is 1. The summed E-state index contributed by atoms with van der Waals surface area (Å²) >= 11 is 3.57. The van der Waals surface area contributed by atoms with Crippen molar-refractivity contribution in [2.45, 2.75) is 31.2 Å². The molecular weight excluding hydrogens is 254 g/mol. The van der Waals surface area contributed by atoms with E-state index in [0.29, 0.717) is 0 Å². The summed E-state index contributed by atoms with van der Waals surface area (Å²) in [6.45, 7) is 0. The van der Waals surface area contributed by atoms with E-state index in [9.17, 15) is 0 Å². The standard InChI is InChI=1S/C12H16BrNO/c1-15-9-4-5-10(11(13)8-9)12(14)6-2-3-7-12/h4-5,8H,2-3,6-7,14H2,1H3. The molecular formula is C12H16BrNO. The molecule has 1 aliphatic carbocycles. The first kappa shape index (κ1) is 11.0. The Morgan fingerprint density at radius 3 is 2.53 bits per heavy atom. The molecule has 2 nitrogen and oxygen atoms in total. The lowest BCUT2D eigenvalue weighted by atomic mass is 9.89. The molecule has 1 fully saturated rings. The van der Waals surface area contributed by atoms with Gasteiger partial charge in [-0.15, -0.1) is 0 Å². The van der Waals surface area contributed by atoms with Crippen LogP contribution in [0.5, 0.6) is 5.75 Å². The average molecular weight is 270 g/mol. The lowest BCUT2D eigenvalue weighted by Crippen LogP contribution is -2.33. The van der Waals surface area contributed by atoms with E-state index in [2.05, 4.69) is 22.0 Å². The maximum atomic E-state index is 6.40. The fraction of sp³-hybridized carbons (Fsp3) is 0.500. The molecule has 0 bridgehead atoms. The van der Waals surface area contributed by atoms with Crippen LogP contribution in [-0.4, -0.2) is 7.11 Å². The molecule has 3 heteroatoms. The van der Waals surface area contributed by atoms with Gasteiger partial charge in [-0.25, -0.2) is 0 Å². The van der Waals surface area contributed by atoms with Gasteiger partial charge in [0, 0.05) is 10.0 Å². The highest BCUT2D eigenvalue weighted by Gasteiger charge is 2.32. The molecule has 0 spiro atoms. The van der Waals surface area contributed by atoms with Crippen LogP contribution < -0.4 is 10.5 Å². The first-order valence-electron chi connectivity index (χ1n) is 5.29. The second-order valence-corrected chi connectivity index (χ2v) is 5.06. The van der Waals surface area contributed by atoms with Gasteiger partial charge in [-0.3, -0.25) is 0 Å². The number of benzene rings is 1. The maximum Gasteiger partial charge on any atom is 0.120 e. The molecule has 82 valence electrons. The topological polar surface area (TPSA) is 35.2 Å². The molecule has 0 saturated heterocycles. The summed E-state index contributed by atoms with van der Waals surface area (Å²) in [5, 5.41) is 0. The lowest BCUT2D eigenvalue weighted by molar-refractivity contribution is 0.412. The van der Waals surface area contributed by atoms with Crippen LogP contribution in [0.15, 0.2) is 22.7 Å². The predicted octanol–water partition coefficient (Wildman–Crippen LogP) is 3.19. The Balaban J connectivity index is 2.36. The van der Waals surface area contributed by atoms with Gasteiger partial charge in [-0.2, -0.15) is 0 Å². The van der Waals surface area contributed by atoms with Crippen molar-refractivity contribution in [3.05, 3.63) is 28.2 Å². The summed E-state index contributed by atoms with van der Waals surface area (Å²) in [4.78, 5) is 0. The molecule has 0 aliphatic heterocycles. The minimum absolute atomic E-state index is 0.134. The van der Waals surface area contributed by atoms with E-state index < -0.39 is 0 Å². The molecule has 1 saturated carbocycles. The van der Waals surface area contributed by atoms with Crippen LogP contribution in [-0.2, 0) is 5.54 Å². The van der Waals surface area contributed by atoms with Crippen molar-refractivity contribution in [3.63, 3.8) is 0 Å². The van der Waals surface area contributed by atoms with Gasteiger partial charge in [0.15, 0.2) is 0 Å². The third kappa shape index (κ3) is 2.04. The van der Waals surface area contributed by atoms with Crippen LogP contribution in [0, 0.1) is 0 Å². The van der Waals surface area contributed by atoms with Crippen molar-refractivity contribution in [1.82, 2.24) is 0 Å². The second kappa shape index (κ2) is 4.14. The zero-order chi connectivity index (χ0) is 10.9. The van der Waals surface area contributed by atoms with Crippen molar-refractivity contribution >= 4 is 15.9 Å². The second-order valence-electron chi connectivity index (χ2n) is 4.21. The summed E-state index contributed by atoms with van der Waals surface area (Å²) in [5.74, 6) is 0.868. The SMILES string of the molecule is COc1ccc(C2(N)CCCC2)c(Br)c1. The summed E-state index contributed by atoms with van der Waals surface area (Å²) in [6, 6.07) is 6.05. The van der Waals surface area contributed by atoms with Crippen molar-refractivity contribution in [1.29, 1.82) is 0 Å². The van der Waals surface area contributed by atoms with Crippen molar-refractivity contribution in [2.24, 2.45) is 5.73 Å². The van der Waals surface area contributed by atoms with Crippen LogP contribution in [0.2, 0.25) is 0 Å². The zero-order valence-corrected chi connectivity index (χ0v) is 10.5.